The molecule has 2 aliphatic rings. The number of quaternary nitrogens is 1. The topological polar surface area (TPSA) is 80.1 Å². The van der Waals surface area contributed by atoms with Gasteiger partial charge in [-0.2, -0.15) is 0 Å². The molecule has 0 atom stereocenters. The first kappa shape index (κ1) is 20.3. The fourth-order valence-corrected chi connectivity index (χ4v) is 4.01. The van der Waals surface area contributed by atoms with Crippen molar-refractivity contribution in [3.05, 3.63) is 53.9 Å². The monoisotopic (exact) mass is 410 g/mol. The summed E-state index contributed by atoms with van der Waals surface area (Å²) in [4.78, 5) is 38.6. The highest BCUT2D eigenvalue weighted by atomic mass is 16.5. The minimum atomic E-state index is -0.459. The van der Waals surface area contributed by atoms with Crippen molar-refractivity contribution in [1.29, 1.82) is 0 Å². The fourth-order valence-electron chi connectivity index (χ4n) is 4.01. The molecule has 3 heterocycles. The van der Waals surface area contributed by atoms with Gasteiger partial charge in [-0.3, -0.25) is 4.79 Å². The molecule has 8 nitrogen and oxygen atoms in total. The van der Waals surface area contributed by atoms with Gasteiger partial charge in [-0.15, -0.1) is 0 Å². The van der Waals surface area contributed by atoms with Crippen LogP contribution in [0.2, 0.25) is 0 Å². The predicted octanol–water partition coefficient (Wildman–Crippen LogP) is 0.161. The second-order valence-corrected chi connectivity index (χ2v) is 7.82. The summed E-state index contributed by atoms with van der Waals surface area (Å²) in [5.74, 6) is 0.0387. The van der Waals surface area contributed by atoms with Gasteiger partial charge in [0.1, 0.15) is 6.54 Å². The van der Waals surface area contributed by atoms with Crippen LogP contribution in [-0.2, 0) is 16.1 Å². The molecular weight excluding hydrogens is 382 g/mol. The Labute approximate surface area is 176 Å². The predicted molar refractivity (Wildman–Crippen MR) is 111 cm³/mol. The number of amides is 1. The van der Waals surface area contributed by atoms with Gasteiger partial charge < -0.3 is 19.4 Å². The molecule has 2 fully saturated rings. The van der Waals surface area contributed by atoms with Crippen LogP contribution in [0, 0.1) is 0 Å². The van der Waals surface area contributed by atoms with Crippen molar-refractivity contribution in [2.45, 2.75) is 19.4 Å². The van der Waals surface area contributed by atoms with Crippen molar-refractivity contribution in [1.82, 2.24) is 14.9 Å². The molecule has 158 valence electrons. The number of nitrogens with zero attached hydrogens (tertiary/aromatic N) is 4. The first-order valence-corrected chi connectivity index (χ1v) is 10.6. The summed E-state index contributed by atoms with van der Waals surface area (Å²) in [6.07, 6.45) is 6.00. The van der Waals surface area contributed by atoms with Crippen molar-refractivity contribution in [3.8, 4) is 0 Å². The van der Waals surface area contributed by atoms with Crippen molar-refractivity contribution in [2.75, 3.05) is 50.8 Å². The Hall–Kier alpha value is -3.00. The van der Waals surface area contributed by atoms with Gasteiger partial charge in [0.2, 0.25) is 5.95 Å². The Morgan fingerprint density at radius 2 is 1.63 bits per heavy atom. The van der Waals surface area contributed by atoms with Crippen molar-refractivity contribution in [2.24, 2.45) is 0 Å². The van der Waals surface area contributed by atoms with Gasteiger partial charge in [-0.05, 0) is 18.2 Å². The van der Waals surface area contributed by atoms with E-state index in [0.717, 1.165) is 6.54 Å². The van der Waals surface area contributed by atoms with E-state index in [0.29, 0.717) is 37.7 Å². The van der Waals surface area contributed by atoms with Crippen LogP contribution in [-0.4, -0.2) is 72.6 Å². The lowest BCUT2D eigenvalue weighted by Gasteiger charge is -2.34. The van der Waals surface area contributed by atoms with E-state index in [1.807, 2.05) is 17.0 Å². The first-order valence-electron chi connectivity index (χ1n) is 10.6. The van der Waals surface area contributed by atoms with Gasteiger partial charge >= 0.3 is 5.97 Å². The number of ether oxygens (including phenoxy) is 1. The van der Waals surface area contributed by atoms with Crippen LogP contribution in [0.25, 0.3) is 0 Å². The molecule has 1 aromatic heterocycles. The van der Waals surface area contributed by atoms with E-state index in [9.17, 15) is 9.59 Å². The number of hydrogen-bond acceptors (Lipinski definition) is 6. The number of hydrogen-bond donors (Lipinski definition) is 1. The number of aromatic nitrogens is 2. The number of piperazine rings is 1. The summed E-state index contributed by atoms with van der Waals surface area (Å²) in [6.45, 7) is 5.63. The molecule has 0 spiro atoms. The molecule has 0 unspecified atom stereocenters. The van der Waals surface area contributed by atoms with E-state index in [4.69, 9.17) is 4.74 Å². The molecule has 1 N–H and O–H groups in total. The highest BCUT2D eigenvalue weighted by Gasteiger charge is 2.23. The number of esters is 1. The van der Waals surface area contributed by atoms with E-state index >= 15 is 0 Å². The van der Waals surface area contributed by atoms with Crippen LogP contribution in [0.15, 0.2) is 42.7 Å². The smallest absolute Gasteiger partial charge is 0.338 e. The fraction of sp³-hybridized carbons (Fsp3) is 0.455. The lowest BCUT2D eigenvalue weighted by molar-refractivity contribution is -0.901. The van der Waals surface area contributed by atoms with Gasteiger partial charge in [0.15, 0.2) is 6.61 Å². The van der Waals surface area contributed by atoms with Crippen molar-refractivity contribution >= 4 is 17.8 Å². The van der Waals surface area contributed by atoms with Gasteiger partial charge in [0.05, 0.1) is 18.7 Å². The standard InChI is InChI=1S/C22H27N5O3/c28-20(26-12-14-27(15-13-26)22-23-8-3-9-24-22)17-30-21(29)19-6-4-18(5-7-19)16-25-10-1-2-11-25/h3-9H,1-2,10-17H2/p+1. The molecule has 4 rings (SSSR count). The highest BCUT2D eigenvalue weighted by molar-refractivity contribution is 5.91. The summed E-state index contributed by atoms with van der Waals surface area (Å²) in [5, 5.41) is 0. The number of anilines is 1. The van der Waals surface area contributed by atoms with Crippen LogP contribution >= 0.6 is 0 Å². The molecule has 0 radical (unpaired) electrons. The second kappa shape index (κ2) is 9.67. The third-order valence-electron chi connectivity index (χ3n) is 5.75. The third kappa shape index (κ3) is 5.13. The van der Waals surface area contributed by atoms with Crippen LogP contribution in [0.1, 0.15) is 28.8 Å². The van der Waals surface area contributed by atoms with Gasteiger partial charge in [0.25, 0.3) is 5.91 Å². The van der Waals surface area contributed by atoms with Crippen LogP contribution in [0.3, 0.4) is 0 Å². The molecule has 30 heavy (non-hydrogen) atoms. The zero-order chi connectivity index (χ0) is 20.8. The normalized spacial score (nSPS) is 17.2. The number of nitrogens with one attached hydrogen (secondary N) is 1. The second-order valence-electron chi connectivity index (χ2n) is 7.82. The molecular formula is C22H28N5O3+. The Morgan fingerprint density at radius 3 is 2.30 bits per heavy atom. The summed E-state index contributed by atoms with van der Waals surface area (Å²) < 4.78 is 5.25. The van der Waals surface area contributed by atoms with Crippen LogP contribution in [0.4, 0.5) is 5.95 Å². The lowest BCUT2D eigenvalue weighted by atomic mass is 10.1. The maximum atomic E-state index is 12.4. The maximum Gasteiger partial charge on any atom is 0.338 e. The average molecular weight is 410 g/mol. The summed E-state index contributed by atoms with van der Waals surface area (Å²) in [5.41, 5.74) is 1.70. The zero-order valence-corrected chi connectivity index (χ0v) is 17.1. The van der Waals surface area contributed by atoms with Gasteiger partial charge in [-0.1, -0.05) is 12.1 Å². The molecule has 2 aromatic rings. The number of rotatable bonds is 6. The average Bonchev–Trinajstić information content (AvgIpc) is 3.31. The molecule has 8 heteroatoms. The van der Waals surface area contributed by atoms with E-state index in [-0.39, 0.29) is 12.5 Å². The molecule has 2 aliphatic heterocycles. The molecule has 0 aliphatic carbocycles. The number of benzene rings is 1. The molecule has 1 amide bonds. The molecule has 0 bridgehead atoms. The highest BCUT2D eigenvalue weighted by Crippen LogP contribution is 2.10. The van der Waals surface area contributed by atoms with Crippen LogP contribution in [0.5, 0.6) is 0 Å². The Kier molecular flexibility index (Phi) is 6.53. The van der Waals surface area contributed by atoms with Crippen molar-refractivity contribution in [3.63, 3.8) is 0 Å². The third-order valence-corrected chi connectivity index (χ3v) is 5.75. The van der Waals surface area contributed by atoms with E-state index in [2.05, 4.69) is 9.97 Å². The maximum absolute atomic E-state index is 12.4. The number of carbonyl (C=O) groups excluding carboxylic acids is 2. The van der Waals surface area contributed by atoms with Gasteiger partial charge in [0, 0.05) is 57.0 Å². The van der Waals surface area contributed by atoms with Crippen LogP contribution < -0.4 is 9.80 Å². The van der Waals surface area contributed by atoms with Crippen molar-refractivity contribution < 1.29 is 19.2 Å². The minimum absolute atomic E-state index is 0.175. The Bertz CT molecular complexity index is 845. The Balaban J connectivity index is 1.21. The number of likely N-dealkylation sites (tertiary alicyclic amines) is 1. The summed E-state index contributed by atoms with van der Waals surface area (Å²) in [6, 6.07) is 9.32. The molecule has 2 saturated heterocycles. The van der Waals surface area contributed by atoms with E-state index < -0.39 is 5.97 Å². The minimum Gasteiger partial charge on any atom is -0.452 e. The quantitative estimate of drug-likeness (QED) is 0.684. The SMILES string of the molecule is O=C(OCC(=O)N1CCN(c2ncccn2)CC1)c1ccc(C[NH+]2CCCC2)cc1. The lowest BCUT2D eigenvalue weighted by Crippen LogP contribution is -3.08. The number of carbonyl (C=O) groups is 2. The van der Waals surface area contributed by atoms with E-state index in [1.165, 1.54) is 31.5 Å². The zero-order valence-electron chi connectivity index (χ0n) is 17.1. The largest absolute Gasteiger partial charge is 0.452 e. The molecule has 0 saturated carbocycles. The summed E-state index contributed by atoms with van der Waals surface area (Å²) >= 11 is 0. The summed E-state index contributed by atoms with van der Waals surface area (Å²) in [7, 11) is 0. The Morgan fingerprint density at radius 1 is 0.967 bits per heavy atom. The van der Waals surface area contributed by atoms with Gasteiger partial charge in [-0.25, -0.2) is 14.8 Å². The first-order chi connectivity index (χ1) is 14.7. The molecule has 1 aromatic carbocycles. The van der Waals surface area contributed by atoms with E-state index in [1.54, 1.807) is 40.4 Å².